The van der Waals surface area contributed by atoms with E-state index >= 15 is 0 Å². The standard InChI is InChI=1S/C16H15Br2FO2/c1-9-4-5-10(19)6-11(9)16(18)12-7-14(20-2)15(21-3)8-13(12)17/h4-8,16H,1-3H3. The highest BCUT2D eigenvalue weighted by molar-refractivity contribution is 9.11. The van der Waals surface area contributed by atoms with Gasteiger partial charge in [-0.2, -0.15) is 0 Å². The Morgan fingerprint density at radius 2 is 1.62 bits per heavy atom. The first kappa shape index (κ1) is 16.3. The summed E-state index contributed by atoms with van der Waals surface area (Å²) < 4.78 is 25.0. The van der Waals surface area contributed by atoms with E-state index in [0.717, 1.165) is 21.2 Å². The molecule has 112 valence electrons. The average molecular weight is 418 g/mol. The summed E-state index contributed by atoms with van der Waals surface area (Å²) in [6.45, 7) is 1.96. The van der Waals surface area contributed by atoms with Gasteiger partial charge in [0.05, 0.1) is 19.0 Å². The van der Waals surface area contributed by atoms with Crippen molar-refractivity contribution in [2.45, 2.75) is 11.8 Å². The highest BCUT2D eigenvalue weighted by atomic mass is 79.9. The molecule has 2 nitrogen and oxygen atoms in total. The molecule has 1 atom stereocenters. The second-order valence-electron chi connectivity index (χ2n) is 4.59. The van der Waals surface area contributed by atoms with Gasteiger partial charge in [0.1, 0.15) is 5.82 Å². The smallest absolute Gasteiger partial charge is 0.161 e. The Hall–Kier alpha value is -1.07. The fourth-order valence-electron chi connectivity index (χ4n) is 2.12. The van der Waals surface area contributed by atoms with Crippen LogP contribution in [-0.2, 0) is 0 Å². The van der Waals surface area contributed by atoms with Gasteiger partial charge in [0, 0.05) is 4.47 Å². The lowest BCUT2D eigenvalue weighted by Gasteiger charge is -2.18. The Kier molecular flexibility index (Phi) is 5.27. The Balaban J connectivity index is 2.52. The molecule has 2 rings (SSSR count). The van der Waals surface area contributed by atoms with E-state index in [-0.39, 0.29) is 10.6 Å². The molecule has 5 heteroatoms. The maximum atomic E-state index is 13.5. The monoisotopic (exact) mass is 416 g/mol. The van der Waals surface area contributed by atoms with Crippen molar-refractivity contribution in [3.63, 3.8) is 0 Å². The molecule has 0 bridgehead atoms. The zero-order valence-corrected chi connectivity index (χ0v) is 15.1. The van der Waals surface area contributed by atoms with Crippen LogP contribution < -0.4 is 9.47 Å². The number of rotatable bonds is 4. The van der Waals surface area contributed by atoms with E-state index in [1.165, 1.54) is 12.1 Å². The van der Waals surface area contributed by atoms with Gasteiger partial charge < -0.3 is 9.47 Å². The number of ether oxygens (including phenoxy) is 2. The third-order valence-corrected chi connectivity index (χ3v) is 4.96. The Bertz CT molecular complexity index is 659. The molecule has 1 unspecified atom stereocenters. The first-order valence-corrected chi connectivity index (χ1v) is 8.00. The van der Waals surface area contributed by atoms with E-state index in [9.17, 15) is 4.39 Å². The van der Waals surface area contributed by atoms with Crippen molar-refractivity contribution in [1.82, 2.24) is 0 Å². The summed E-state index contributed by atoms with van der Waals surface area (Å²) in [6, 6.07) is 8.50. The van der Waals surface area contributed by atoms with E-state index in [2.05, 4.69) is 31.9 Å². The summed E-state index contributed by atoms with van der Waals surface area (Å²) in [7, 11) is 3.18. The van der Waals surface area contributed by atoms with Crippen molar-refractivity contribution < 1.29 is 13.9 Å². The molecule has 2 aromatic carbocycles. The summed E-state index contributed by atoms with van der Waals surface area (Å²) in [6.07, 6.45) is 0. The van der Waals surface area contributed by atoms with Crippen LogP contribution in [0.25, 0.3) is 0 Å². The van der Waals surface area contributed by atoms with Crippen LogP contribution in [0.5, 0.6) is 11.5 Å². The molecule has 0 saturated heterocycles. The van der Waals surface area contributed by atoms with Crippen LogP contribution in [0.3, 0.4) is 0 Å². The minimum absolute atomic E-state index is 0.151. The van der Waals surface area contributed by atoms with Crippen LogP contribution in [0.1, 0.15) is 21.5 Å². The zero-order valence-electron chi connectivity index (χ0n) is 11.9. The average Bonchev–Trinajstić information content (AvgIpc) is 2.48. The first-order chi connectivity index (χ1) is 9.97. The molecule has 0 aromatic heterocycles. The Labute approximate surface area is 140 Å². The number of halogens is 3. The van der Waals surface area contributed by atoms with Gasteiger partial charge in [-0.05, 0) is 47.9 Å². The van der Waals surface area contributed by atoms with Crippen LogP contribution in [-0.4, -0.2) is 14.2 Å². The molecule has 0 aliphatic rings. The van der Waals surface area contributed by atoms with Crippen LogP contribution in [0.15, 0.2) is 34.8 Å². The number of aryl methyl sites for hydroxylation is 1. The second kappa shape index (κ2) is 6.79. The summed E-state index contributed by atoms with van der Waals surface area (Å²) in [5.74, 6) is 1.02. The van der Waals surface area contributed by atoms with Crippen LogP contribution >= 0.6 is 31.9 Å². The van der Waals surface area contributed by atoms with Crippen molar-refractivity contribution in [2.24, 2.45) is 0 Å². The van der Waals surface area contributed by atoms with Crippen LogP contribution in [0.2, 0.25) is 0 Å². The van der Waals surface area contributed by atoms with Crippen molar-refractivity contribution in [2.75, 3.05) is 14.2 Å². The molecule has 21 heavy (non-hydrogen) atoms. The first-order valence-electron chi connectivity index (χ1n) is 6.29. The van der Waals surface area contributed by atoms with Crippen LogP contribution in [0, 0.1) is 12.7 Å². The molecule has 0 heterocycles. The largest absolute Gasteiger partial charge is 0.493 e. The molecule has 0 aliphatic carbocycles. The van der Waals surface area contributed by atoms with E-state index in [1.807, 2.05) is 19.1 Å². The van der Waals surface area contributed by atoms with Gasteiger partial charge >= 0.3 is 0 Å². The maximum absolute atomic E-state index is 13.5. The summed E-state index contributed by atoms with van der Waals surface area (Å²) in [5, 5.41) is 0. The highest BCUT2D eigenvalue weighted by Gasteiger charge is 2.19. The molecule has 0 fully saturated rings. The van der Waals surface area contributed by atoms with E-state index in [4.69, 9.17) is 9.47 Å². The molecule has 0 amide bonds. The quantitative estimate of drug-likeness (QED) is 0.620. The maximum Gasteiger partial charge on any atom is 0.161 e. The third kappa shape index (κ3) is 3.40. The summed E-state index contributed by atoms with van der Waals surface area (Å²) in [5.41, 5.74) is 2.84. The molecule has 0 radical (unpaired) electrons. The normalized spacial score (nSPS) is 12.1. The molecule has 0 aliphatic heterocycles. The van der Waals surface area contributed by atoms with Gasteiger partial charge in [0.2, 0.25) is 0 Å². The summed E-state index contributed by atoms with van der Waals surface area (Å²) >= 11 is 7.18. The molecular weight excluding hydrogens is 403 g/mol. The molecule has 0 saturated carbocycles. The Morgan fingerprint density at radius 3 is 2.24 bits per heavy atom. The lowest BCUT2D eigenvalue weighted by atomic mass is 10.00. The number of hydrogen-bond donors (Lipinski definition) is 0. The molecule has 0 N–H and O–H groups in total. The Morgan fingerprint density at radius 1 is 1.00 bits per heavy atom. The zero-order chi connectivity index (χ0) is 15.6. The van der Waals surface area contributed by atoms with Crippen molar-refractivity contribution >= 4 is 31.9 Å². The SMILES string of the molecule is COc1cc(Br)c(C(Br)c2cc(F)ccc2C)cc1OC. The van der Waals surface area contributed by atoms with Gasteiger partial charge in [0.25, 0.3) is 0 Å². The van der Waals surface area contributed by atoms with E-state index in [0.29, 0.717) is 11.5 Å². The van der Waals surface area contributed by atoms with Crippen LogP contribution in [0.4, 0.5) is 4.39 Å². The molecule has 2 aromatic rings. The van der Waals surface area contributed by atoms with Gasteiger partial charge in [-0.25, -0.2) is 4.39 Å². The van der Waals surface area contributed by atoms with Crippen molar-refractivity contribution in [3.8, 4) is 11.5 Å². The molecular formula is C16H15Br2FO2. The predicted molar refractivity (Wildman–Crippen MR) is 89.2 cm³/mol. The van der Waals surface area contributed by atoms with Gasteiger partial charge in [-0.15, -0.1) is 0 Å². The van der Waals surface area contributed by atoms with Crippen molar-refractivity contribution in [3.05, 3.63) is 57.3 Å². The number of benzene rings is 2. The van der Waals surface area contributed by atoms with Crippen molar-refractivity contribution in [1.29, 1.82) is 0 Å². The number of alkyl halides is 1. The number of hydrogen-bond acceptors (Lipinski definition) is 2. The second-order valence-corrected chi connectivity index (χ2v) is 6.36. The minimum atomic E-state index is -0.253. The van der Waals surface area contributed by atoms with Gasteiger partial charge in [0.15, 0.2) is 11.5 Å². The predicted octanol–water partition coefficient (Wildman–Crippen LogP) is 5.40. The van der Waals surface area contributed by atoms with E-state index < -0.39 is 0 Å². The molecule has 0 spiro atoms. The lowest BCUT2D eigenvalue weighted by molar-refractivity contribution is 0.354. The number of methoxy groups -OCH3 is 2. The topological polar surface area (TPSA) is 18.5 Å². The summed E-state index contributed by atoms with van der Waals surface area (Å²) in [4.78, 5) is -0.151. The third-order valence-electron chi connectivity index (χ3n) is 3.29. The van der Waals surface area contributed by atoms with E-state index in [1.54, 1.807) is 20.3 Å². The lowest BCUT2D eigenvalue weighted by Crippen LogP contribution is -2.00. The van der Waals surface area contributed by atoms with Gasteiger partial charge in [-0.1, -0.05) is 37.9 Å². The fourth-order valence-corrected chi connectivity index (χ4v) is 3.85. The fraction of sp³-hybridized carbons (Fsp3) is 0.250. The highest BCUT2D eigenvalue weighted by Crippen LogP contribution is 2.42. The van der Waals surface area contributed by atoms with Gasteiger partial charge in [-0.3, -0.25) is 0 Å². The minimum Gasteiger partial charge on any atom is -0.493 e.